The van der Waals surface area contributed by atoms with Gasteiger partial charge in [-0.25, -0.2) is 4.99 Å². The van der Waals surface area contributed by atoms with Gasteiger partial charge in [0.15, 0.2) is 6.40 Å². The molecule has 2 rings (SSSR count). The number of ether oxygens (including phenoxy) is 1. The molecule has 0 bridgehead atoms. The van der Waals surface area contributed by atoms with Crippen LogP contribution in [0, 0.1) is 11.3 Å². The predicted molar refractivity (Wildman–Crippen MR) is 60.8 cm³/mol. The highest BCUT2D eigenvalue weighted by molar-refractivity contribution is 7.16. The third-order valence-electron chi connectivity index (χ3n) is 2.43. The van der Waals surface area contributed by atoms with Crippen molar-refractivity contribution in [2.75, 3.05) is 6.61 Å². The van der Waals surface area contributed by atoms with Crippen molar-refractivity contribution >= 4 is 22.7 Å². The predicted octanol–water partition coefficient (Wildman–Crippen LogP) is 2.80. The zero-order valence-corrected chi connectivity index (χ0v) is 9.43. The minimum atomic E-state index is 0.608. The number of thiophene rings is 1. The molecule has 0 atom stereocenters. The van der Waals surface area contributed by atoms with Gasteiger partial charge in [-0.05, 0) is 31.7 Å². The van der Waals surface area contributed by atoms with E-state index in [4.69, 9.17) is 10.00 Å². The standard InChI is InChI=1S/C11H12N2OS/c1-2-14-7-13-11-9(6-12)8-4-3-5-10(8)15-11/h7H,2-5H2,1H3. The average molecular weight is 220 g/mol. The molecule has 0 unspecified atom stereocenters. The van der Waals surface area contributed by atoms with Gasteiger partial charge in [0.25, 0.3) is 0 Å². The Bertz CT molecular complexity index is 429. The topological polar surface area (TPSA) is 45.4 Å². The molecule has 78 valence electrons. The highest BCUT2D eigenvalue weighted by Crippen LogP contribution is 2.39. The zero-order chi connectivity index (χ0) is 10.7. The Labute approximate surface area is 93.0 Å². The van der Waals surface area contributed by atoms with Crippen LogP contribution in [0.3, 0.4) is 0 Å². The van der Waals surface area contributed by atoms with E-state index in [1.165, 1.54) is 23.3 Å². The Hall–Kier alpha value is -1.34. The molecule has 0 aliphatic heterocycles. The summed E-state index contributed by atoms with van der Waals surface area (Å²) in [6.07, 6.45) is 4.73. The van der Waals surface area contributed by atoms with Gasteiger partial charge in [-0.1, -0.05) is 0 Å². The lowest BCUT2D eigenvalue weighted by Crippen LogP contribution is -1.84. The maximum Gasteiger partial charge on any atom is 0.175 e. The number of hydrogen-bond acceptors (Lipinski definition) is 4. The van der Waals surface area contributed by atoms with Gasteiger partial charge in [-0.2, -0.15) is 5.26 Å². The number of fused-ring (bicyclic) bond motifs is 1. The first-order valence-corrected chi connectivity index (χ1v) is 5.87. The maximum absolute atomic E-state index is 9.07. The minimum absolute atomic E-state index is 0.608. The van der Waals surface area contributed by atoms with E-state index in [1.54, 1.807) is 11.3 Å². The van der Waals surface area contributed by atoms with Crippen LogP contribution in [-0.2, 0) is 17.6 Å². The molecule has 1 heterocycles. The zero-order valence-electron chi connectivity index (χ0n) is 8.62. The molecule has 3 nitrogen and oxygen atoms in total. The fourth-order valence-corrected chi connectivity index (χ4v) is 2.93. The first kappa shape index (κ1) is 10.2. The van der Waals surface area contributed by atoms with E-state index in [0.29, 0.717) is 6.61 Å². The van der Waals surface area contributed by atoms with Crippen LogP contribution in [-0.4, -0.2) is 13.0 Å². The second kappa shape index (κ2) is 4.45. The lowest BCUT2D eigenvalue weighted by molar-refractivity contribution is 0.344. The van der Waals surface area contributed by atoms with Crippen molar-refractivity contribution in [3.63, 3.8) is 0 Å². The highest BCUT2D eigenvalue weighted by atomic mass is 32.1. The summed E-state index contributed by atoms with van der Waals surface area (Å²) in [4.78, 5) is 5.51. The third-order valence-corrected chi connectivity index (χ3v) is 3.63. The van der Waals surface area contributed by atoms with Crippen LogP contribution < -0.4 is 0 Å². The first-order valence-electron chi connectivity index (χ1n) is 5.05. The maximum atomic E-state index is 9.07. The van der Waals surface area contributed by atoms with Gasteiger partial charge in [0.1, 0.15) is 11.1 Å². The van der Waals surface area contributed by atoms with Gasteiger partial charge in [0, 0.05) is 4.88 Å². The van der Waals surface area contributed by atoms with Crippen LogP contribution in [0.1, 0.15) is 29.3 Å². The third kappa shape index (κ3) is 1.88. The quantitative estimate of drug-likeness (QED) is 0.580. The Morgan fingerprint density at radius 3 is 3.20 bits per heavy atom. The molecule has 0 fully saturated rings. The second-order valence-corrected chi connectivity index (χ2v) is 4.42. The summed E-state index contributed by atoms with van der Waals surface area (Å²) in [6, 6.07) is 2.24. The molecule has 4 heteroatoms. The first-order chi connectivity index (χ1) is 7.36. The fraction of sp³-hybridized carbons (Fsp3) is 0.455. The SMILES string of the molecule is CCOC=Nc1sc2c(c1C#N)CCC2. The van der Waals surface area contributed by atoms with Crippen molar-refractivity contribution < 1.29 is 4.74 Å². The van der Waals surface area contributed by atoms with Crippen molar-refractivity contribution in [2.45, 2.75) is 26.2 Å². The van der Waals surface area contributed by atoms with Gasteiger partial charge in [0.2, 0.25) is 0 Å². The molecule has 0 aromatic carbocycles. The number of nitrogens with zero attached hydrogens (tertiary/aromatic N) is 2. The van der Waals surface area contributed by atoms with Crippen LogP contribution in [0.15, 0.2) is 4.99 Å². The molecular weight excluding hydrogens is 208 g/mol. The van der Waals surface area contributed by atoms with Crippen molar-refractivity contribution in [3.8, 4) is 6.07 Å². The summed E-state index contributed by atoms with van der Waals surface area (Å²) in [5, 5.41) is 9.87. The van der Waals surface area contributed by atoms with Crippen molar-refractivity contribution in [1.82, 2.24) is 0 Å². The summed E-state index contributed by atoms with van der Waals surface area (Å²) in [6.45, 7) is 2.52. The molecule has 0 saturated carbocycles. The van der Waals surface area contributed by atoms with E-state index in [2.05, 4.69) is 11.1 Å². The van der Waals surface area contributed by atoms with Gasteiger partial charge in [0.05, 0.1) is 12.2 Å². The smallest absolute Gasteiger partial charge is 0.175 e. The molecule has 0 N–H and O–H groups in total. The molecule has 1 aliphatic carbocycles. The second-order valence-electron chi connectivity index (χ2n) is 3.34. The van der Waals surface area contributed by atoms with Crippen molar-refractivity contribution in [2.24, 2.45) is 4.99 Å². The monoisotopic (exact) mass is 220 g/mol. The molecule has 0 spiro atoms. The molecule has 15 heavy (non-hydrogen) atoms. The van der Waals surface area contributed by atoms with Crippen LogP contribution in [0.2, 0.25) is 0 Å². The van der Waals surface area contributed by atoms with Crippen LogP contribution in [0.5, 0.6) is 0 Å². The summed E-state index contributed by atoms with van der Waals surface area (Å²) in [5.74, 6) is 0. The van der Waals surface area contributed by atoms with E-state index >= 15 is 0 Å². The van der Waals surface area contributed by atoms with Crippen LogP contribution >= 0.6 is 11.3 Å². The van der Waals surface area contributed by atoms with E-state index < -0.39 is 0 Å². The number of aryl methyl sites for hydroxylation is 1. The lowest BCUT2D eigenvalue weighted by Gasteiger charge is -1.93. The van der Waals surface area contributed by atoms with Crippen molar-refractivity contribution in [1.29, 1.82) is 5.26 Å². The Kier molecular flexibility index (Phi) is 3.02. The van der Waals surface area contributed by atoms with Crippen LogP contribution in [0.4, 0.5) is 5.00 Å². The van der Waals surface area contributed by atoms with Gasteiger partial charge in [-0.3, -0.25) is 0 Å². The summed E-state index contributed by atoms with van der Waals surface area (Å²) >= 11 is 1.62. The molecule has 0 saturated heterocycles. The average Bonchev–Trinajstić information content (AvgIpc) is 2.77. The molecule has 1 aromatic rings. The number of nitriles is 1. The summed E-state index contributed by atoms with van der Waals surface area (Å²) in [7, 11) is 0. The largest absolute Gasteiger partial charge is 0.483 e. The molecule has 0 amide bonds. The van der Waals surface area contributed by atoms with E-state index in [1.807, 2.05) is 6.92 Å². The van der Waals surface area contributed by atoms with E-state index in [9.17, 15) is 0 Å². The van der Waals surface area contributed by atoms with E-state index in [0.717, 1.165) is 23.4 Å². The Morgan fingerprint density at radius 2 is 2.47 bits per heavy atom. The molecule has 1 aromatic heterocycles. The summed E-state index contributed by atoms with van der Waals surface area (Å²) in [5.41, 5.74) is 1.97. The van der Waals surface area contributed by atoms with Gasteiger partial charge < -0.3 is 4.74 Å². The fourth-order valence-electron chi connectivity index (χ4n) is 1.76. The normalized spacial score (nSPS) is 14.1. The number of rotatable bonds is 3. The lowest BCUT2D eigenvalue weighted by atomic mass is 10.1. The Morgan fingerprint density at radius 1 is 1.60 bits per heavy atom. The molecule has 1 aliphatic rings. The number of hydrogen-bond donors (Lipinski definition) is 0. The molecular formula is C11H12N2OS. The van der Waals surface area contributed by atoms with Gasteiger partial charge >= 0.3 is 0 Å². The van der Waals surface area contributed by atoms with E-state index in [-0.39, 0.29) is 0 Å². The molecule has 0 radical (unpaired) electrons. The summed E-state index contributed by atoms with van der Waals surface area (Å²) < 4.78 is 5.04. The highest BCUT2D eigenvalue weighted by Gasteiger charge is 2.21. The Balaban J connectivity index is 2.29. The minimum Gasteiger partial charge on any atom is -0.483 e. The van der Waals surface area contributed by atoms with Gasteiger partial charge in [-0.15, -0.1) is 11.3 Å². The number of aliphatic imine (C=N–C) groups is 1. The van der Waals surface area contributed by atoms with Crippen molar-refractivity contribution in [3.05, 3.63) is 16.0 Å². The van der Waals surface area contributed by atoms with Crippen LogP contribution in [0.25, 0.3) is 0 Å².